The normalized spacial score (nSPS) is 14.1. The zero-order chi connectivity index (χ0) is 34.6. The zero-order valence-corrected chi connectivity index (χ0v) is 30.2. The molecule has 0 saturated heterocycles. The van der Waals surface area contributed by atoms with E-state index in [-0.39, 0.29) is 0 Å². The van der Waals surface area contributed by atoms with E-state index in [1.54, 1.807) is 0 Å². The molecule has 0 spiro atoms. The molecule has 0 fully saturated rings. The van der Waals surface area contributed by atoms with Gasteiger partial charge in [-0.1, -0.05) is 115 Å². The molecule has 8 aromatic carbocycles. The molecule has 0 aliphatic carbocycles. The number of rotatable bonds is 2. The molecule has 12 rings (SSSR count). The van der Waals surface area contributed by atoms with Crippen LogP contribution in [0.1, 0.15) is 11.1 Å². The lowest BCUT2D eigenvalue weighted by Crippen LogP contribution is -2.28. The van der Waals surface area contributed by atoms with E-state index in [4.69, 9.17) is 18.8 Å². The molecule has 0 bridgehead atoms. The highest BCUT2D eigenvalue weighted by molar-refractivity contribution is 14.2. The van der Waals surface area contributed by atoms with Gasteiger partial charge in [-0.25, -0.2) is 9.98 Å². The van der Waals surface area contributed by atoms with Crippen LogP contribution in [-0.4, -0.2) is 13.3 Å². The van der Waals surface area contributed by atoms with Crippen molar-refractivity contribution in [2.24, 2.45) is 9.98 Å². The SMILES string of the molecule is c1ccc2c3c(ccc2c1)-c1cccc2cccc(c12)N3C1=NC(c2ccc3oc4ccccc4c3c2)=NC(c2cccc3c2oc2ccccc23)=I1. The Morgan fingerprint density at radius 2 is 1.15 bits per heavy atom. The first-order valence-electron chi connectivity index (χ1n) is 17.6. The Kier molecular flexibility index (Phi) is 6.10. The van der Waals surface area contributed by atoms with Crippen molar-refractivity contribution >= 4 is 111 Å². The fraction of sp³-hybridized carbons (Fsp3) is 0. The second kappa shape index (κ2) is 11.1. The molecule has 4 heterocycles. The fourth-order valence-corrected chi connectivity index (χ4v) is 10.8. The predicted molar refractivity (Wildman–Crippen MR) is 229 cm³/mol. The van der Waals surface area contributed by atoms with E-state index >= 15 is 0 Å². The minimum absolute atomic E-state index is 0.675. The summed E-state index contributed by atoms with van der Waals surface area (Å²) in [6.45, 7) is 0. The van der Waals surface area contributed by atoms with Gasteiger partial charge in [0, 0.05) is 49.0 Å². The first-order valence-corrected chi connectivity index (χ1v) is 19.8. The molecule has 53 heavy (non-hydrogen) atoms. The Morgan fingerprint density at radius 1 is 0.472 bits per heavy atom. The van der Waals surface area contributed by atoms with Crippen molar-refractivity contribution in [1.29, 1.82) is 0 Å². The van der Waals surface area contributed by atoms with Gasteiger partial charge in [-0.3, -0.25) is 4.90 Å². The van der Waals surface area contributed by atoms with Crippen LogP contribution in [0.25, 0.3) is 76.5 Å². The summed E-state index contributed by atoms with van der Waals surface area (Å²) in [5.74, 6) is 0.675. The number of hydrogen-bond donors (Lipinski definition) is 0. The Hall–Kier alpha value is -6.38. The molecule has 10 aromatic rings. The Morgan fingerprint density at radius 3 is 2.04 bits per heavy atom. The summed E-state index contributed by atoms with van der Waals surface area (Å²) in [7, 11) is 0. The maximum atomic E-state index is 6.62. The molecule has 0 saturated carbocycles. The summed E-state index contributed by atoms with van der Waals surface area (Å²) in [6.07, 6.45) is 0. The van der Waals surface area contributed by atoms with Crippen LogP contribution in [0.5, 0.6) is 0 Å². The summed E-state index contributed by atoms with van der Waals surface area (Å²) in [5, 5.41) is 9.16. The molecule has 248 valence electrons. The fourth-order valence-electron chi connectivity index (χ4n) is 8.19. The number of anilines is 2. The number of furan rings is 2. The maximum Gasteiger partial charge on any atom is 0.174 e. The average molecular weight is 792 g/mol. The lowest BCUT2D eigenvalue weighted by Gasteiger charge is -2.34. The van der Waals surface area contributed by atoms with Crippen molar-refractivity contribution < 1.29 is 8.83 Å². The van der Waals surface area contributed by atoms with Crippen LogP contribution < -0.4 is 4.90 Å². The number of para-hydroxylation sites is 3. The molecule has 2 aliphatic rings. The van der Waals surface area contributed by atoms with Gasteiger partial charge >= 0.3 is 0 Å². The summed E-state index contributed by atoms with van der Waals surface area (Å²) in [4.78, 5) is 13.5. The van der Waals surface area contributed by atoms with Crippen molar-refractivity contribution in [2.75, 3.05) is 4.90 Å². The van der Waals surface area contributed by atoms with Crippen molar-refractivity contribution in [3.63, 3.8) is 0 Å². The molecule has 5 nitrogen and oxygen atoms in total. The van der Waals surface area contributed by atoms with Gasteiger partial charge in [0.1, 0.15) is 26.0 Å². The van der Waals surface area contributed by atoms with Gasteiger partial charge in [-0.2, -0.15) is 0 Å². The van der Waals surface area contributed by atoms with Crippen LogP contribution in [0, 0.1) is 0 Å². The molecular formula is C47H26IN3O2. The second-order valence-electron chi connectivity index (χ2n) is 13.5. The summed E-state index contributed by atoms with van der Waals surface area (Å²) in [5.41, 5.74) is 10.1. The Bertz CT molecular complexity index is 3310. The topological polar surface area (TPSA) is 54.2 Å². The van der Waals surface area contributed by atoms with E-state index in [0.717, 1.165) is 73.9 Å². The van der Waals surface area contributed by atoms with Crippen molar-refractivity contribution in [3.05, 3.63) is 169 Å². The molecule has 0 radical (unpaired) electrons. The van der Waals surface area contributed by atoms with Crippen molar-refractivity contribution in [1.82, 2.24) is 0 Å². The smallest absolute Gasteiger partial charge is 0.174 e. The van der Waals surface area contributed by atoms with Gasteiger partial charge in [0.05, 0.1) is 11.4 Å². The summed E-state index contributed by atoms with van der Waals surface area (Å²) in [6, 6.07) is 55.7. The molecule has 0 N–H and O–H groups in total. The molecule has 0 unspecified atom stereocenters. The van der Waals surface area contributed by atoms with Gasteiger partial charge in [0.2, 0.25) is 0 Å². The third-order valence-corrected chi connectivity index (χ3v) is 13.1. The van der Waals surface area contributed by atoms with Gasteiger partial charge in [-0.05, 0) is 79.5 Å². The van der Waals surface area contributed by atoms with Gasteiger partial charge in [0.25, 0.3) is 0 Å². The molecule has 0 amide bonds. The molecule has 0 atom stereocenters. The molecule has 2 aromatic heterocycles. The van der Waals surface area contributed by atoms with Crippen molar-refractivity contribution in [3.8, 4) is 11.1 Å². The average Bonchev–Trinajstić information content (AvgIpc) is 3.79. The number of amidine groups is 2. The third kappa shape index (κ3) is 4.27. The largest absolute Gasteiger partial charge is 0.456 e. The Balaban J connectivity index is 1.16. The minimum atomic E-state index is -0.930. The number of aliphatic imine (C=N–C) groups is 2. The highest BCUT2D eigenvalue weighted by atomic mass is 127. The van der Waals surface area contributed by atoms with Crippen molar-refractivity contribution in [2.45, 2.75) is 0 Å². The van der Waals surface area contributed by atoms with E-state index in [1.165, 1.54) is 32.7 Å². The van der Waals surface area contributed by atoms with E-state index in [2.05, 4.69) is 132 Å². The first-order chi connectivity index (χ1) is 26.3. The van der Waals surface area contributed by atoms with E-state index in [9.17, 15) is 0 Å². The number of benzene rings is 8. The number of halogens is 1. The predicted octanol–water partition coefficient (Wildman–Crippen LogP) is 12.9. The monoisotopic (exact) mass is 791 g/mol. The van der Waals surface area contributed by atoms with E-state index in [1.807, 2.05) is 30.3 Å². The van der Waals surface area contributed by atoms with E-state index in [0.29, 0.717) is 5.84 Å². The van der Waals surface area contributed by atoms with Crippen LogP contribution in [0.2, 0.25) is 0 Å². The van der Waals surface area contributed by atoms with Gasteiger partial charge in [0.15, 0.2) is 9.68 Å². The lowest BCUT2D eigenvalue weighted by atomic mass is 9.89. The second-order valence-corrected chi connectivity index (χ2v) is 16.0. The molecule has 6 heteroatoms. The van der Waals surface area contributed by atoms with Gasteiger partial charge in [-0.15, -0.1) is 0 Å². The van der Waals surface area contributed by atoms with Gasteiger partial charge < -0.3 is 8.83 Å². The number of fused-ring (bicyclic) bond motifs is 10. The highest BCUT2D eigenvalue weighted by Gasteiger charge is 2.31. The number of hydrogen-bond acceptors (Lipinski definition) is 5. The first kappa shape index (κ1) is 29.2. The van der Waals surface area contributed by atoms with Crippen LogP contribution in [0.3, 0.4) is 0 Å². The quantitative estimate of drug-likeness (QED) is 0.129. The lowest BCUT2D eigenvalue weighted by molar-refractivity contribution is 0.668. The summed E-state index contributed by atoms with van der Waals surface area (Å²) >= 11 is -0.930. The minimum Gasteiger partial charge on any atom is -0.456 e. The van der Waals surface area contributed by atoms with Crippen LogP contribution in [-0.2, 0) is 0 Å². The summed E-state index contributed by atoms with van der Waals surface area (Å²) < 4.78 is 14.9. The Labute approximate surface area is 312 Å². The third-order valence-electron chi connectivity index (χ3n) is 10.6. The number of nitrogens with zero attached hydrogens (tertiary/aromatic N) is 3. The van der Waals surface area contributed by atoms with Crippen LogP contribution in [0.15, 0.2) is 177 Å². The zero-order valence-electron chi connectivity index (χ0n) is 28.0. The van der Waals surface area contributed by atoms with E-state index < -0.39 is 20.7 Å². The van der Waals surface area contributed by atoms with Crippen LogP contribution >= 0.6 is 20.7 Å². The highest BCUT2D eigenvalue weighted by Crippen LogP contribution is 2.52. The molecular weight excluding hydrogens is 765 g/mol. The van der Waals surface area contributed by atoms with Crippen LogP contribution in [0.4, 0.5) is 11.4 Å². The maximum absolute atomic E-state index is 6.62. The molecule has 2 aliphatic heterocycles. The standard InChI is InChI=1S/C47H26IN3O2/c1-2-13-30-27(10-1)22-24-34-33-16-7-11-28-12-8-19-38(42(28)33)51(43(30)34)47-48-45(36-18-9-17-35-31-14-3-6-21-40(31)53-44(35)36)49-46(50-47)29-23-25-41-37(26-29)32-15-4-5-20-39(32)52-41/h1-26H.